The van der Waals surface area contributed by atoms with Crippen LogP contribution in [0.2, 0.25) is 0 Å². The zero-order chi connectivity index (χ0) is 36.3. The highest BCUT2D eigenvalue weighted by molar-refractivity contribution is 6.04. The number of nitrogens with zero attached hydrogens (tertiary/aromatic N) is 1. The van der Waals surface area contributed by atoms with Crippen LogP contribution in [0.5, 0.6) is 5.75 Å². The molecule has 0 saturated carbocycles. The third kappa shape index (κ3) is 18.3. The Balaban J connectivity index is 0.000000688. The molecule has 7 heteroatoms. The van der Waals surface area contributed by atoms with Gasteiger partial charge in [-0.1, -0.05) is 102 Å². The molecule has 0 spiro atoms. The molecular formula is C41H61N3O4. The second-order valence-electron chi connectivity index (χ2n) is 11.2. The minimum atomic E-state index is -0.200. The van der Waals surface area contributed by atoms with Crippen molar-refractivity contribution in [3.63, 3.8) is 0 Å². The zero-order valence-electron chi connectivity index (χ0n) is 30.8. The summed E-state index contributed by atoms with van der Waals surface area (Å²) in [6.07, 6.45) is 10.4. The molecule has 48 heavy (non-hydrogen) atoms. The van der Waals surface area contributed by atoms with Gasteiger partial charge in [0.05, 0.1) is 0 Å². The number of amides is 1. The Hall–Kier alpha value is -4.07. The van der Waals surface area contributed by atoms with Gasteiger partial charge in [0.15, 0.2) is 5.78 Å². The molecule has 2 unspecified atom stereocenters. The standard InChI is InChI=1S/C19H23NO.C10H8O2.C5H11NO.C5H13N.C2H6/c1-15-12-13-20(4)17(3)16(2)10-11-19(14-15)21-18-8-6-5-7-9-18;11-6-7-5-10(12)9-4-2-1-3-8(7)9;1-3-4-6-5(2)7;1-3-5-6-4-2;1-2/h5-11,14,17H,1-2,12-13H2,3-4H3;1-4,6-7H,5H2;3-4H2,1-2H3,(H,6,7);6H,3-5H2,1-2H3;1-2H3/b11-10-,19-14+;;;;. The maximum absolute atomic E-state index is 11.3. The lowest BCUT2D eigenvalue weighted by Crippen LogP contribution is -2.31. The highest BCUT2D eigenvalue weighted by Crippen LogP contribution is 2.30. The first-order valence-electron chi connectivity index (χ1n) is 17.3. The van der Waals surface area contributed by atoms with Crippen LogP contribution < -0.4 is 15.4 Å². The summed E-state index contributed by atoms with van der Waals surface area (Å²) in [4.78, 5) is 34.2. The number of hydrogen-bond donors (Lipinski definition) is 2. The maximum Gasteiger partial charge on any atom is 0.216 e. The van der Waals surface area contributed by atoms with Gasteiger partial charge in [-0.3, -0.25) is 14.5 Å². The second kappa shape index (κ2) is 26.9. The summed E-state index contributed by atoms with van der Waals surface area (Å²) in [5.41, 5.74) is 3.75. The number of aldehydes is 1. The van der Waals surface area contributed by atoms with Crippen LogP contribution in [0.4, 0.5) is 0 Å². The van der Waals surface area contributed by atoms with Gasteiger partial charge in [-0.2, -0.15) is 0 Å². The molecule has 2 N–H and O–H groups in total. The van der Waals surface area contributed by atoms with E-state index in [0.717, 1.165) is 79.1 Å². The number of nitrogens with one attached hydrogen (secondary N) is 2. The minimum Gasteiger partial charge on any atom is -0.457 e. The summed E-state index contributed by atoms with van der Waals surface area (Å²) < 4.78 is 5.93. The monoisotopic (exact) mass is 659 g/mol. The Kier molecular flexibility index (Phi) is 24.7. The Labute approximate surface area is 291 Å². The first kappa shape index (κ1) is 43.9. The summed E-state index contributed by atoms with van der Waals surface area (Å²) in [6, 6.07) is 17.4. The number of hydrogen-bond acceptors (Lipinski definition) is 6. The fourth-order valence-electron chi connectivity index (χ4n) is 4.40. The van der Waals surface area contributed by atoms with Crippen molar-refractivity contribution in [1.29, 1.82) is 0 Å². The van der Waals surface area contributed by atoms with Crippen LogP contribution in [-0.2, 0) is 9.59 Å². The Morgan fingerprint density at radius 2 is 1.60 bits per heavy atom. The first-order chi connectivity index (χ1) is 23.1. The van der Waals surface area contributed by atoms with E-state index in [4.69, 9.17) is 4.74 Å². The molecule has 0 saturated heterocycles. The van der Waals surface area contributed by atoms with Gasteiger partial charge in [0.1, 0.15) is 17.8 Å². The largest absolute Gasteiger partial charge is 0.457 e. The zero-order valence-corrected chi connectivity index (χ0v) is 30.8. The lowest BCUT2D eigenvalue weighted by molar-refractivity contribution is -0.119. The van der Waals surface area contributed by atoms with E-state index in [-0.39, 0.29) is 17.6 Å². The van der Waals surface area contributed by atoms with Crippen molar-refractivity contribution in [1.82, 2.24) is 15.5 Å². The average molecular weight is 660 g/mol. The summed E-state index contributed by atoms with van der Waals surface area (Å²) in [7, 11) is 2.11. The van der Waals surface area contributed by atoms with E-state index in [9.17, 15) is 14.4 Å². The SMILES string of the molecule is C=C1/C=C(Oc2ccccc2)\C=C/C(=C)C(C)N(C)CC1.CC.CCCNC(C)=O.CCCNCC.O=CC1CC(=O)c2ccccc21. The normalized spacial score (nSPS) is 18.6. The van der Waals surface area contributed by atoms with E-state index < -0.39 is 0 Å². The molecule has 0 aromatic heterocycles. The van der Waals surface area contributed by atoms with Gasteiger partial charge in [-0.25, -0.2) is 0 Å². The molecule has 7 nitrogen and oxygen atoms in total. The molecule has 1 aliphatic carbocycles. The van der Waals surface area contributed by atoms with Crippen LogP contribution in [0.15, 0.2) is 103 Å². The molecule has 2 aromatic rings. The van der Waals surface area contributed by atoms with Crippen molar-refractivity contribution < 1.29 is 19.1 Å². The molecule has 0 fully saturated rings. The molecule has 1 amide bonds. The number of carbonyl (C=O) groups is 3. The topological polar surface area (TPSA) is 87.7 Å². The molecule has 1 aliphatic heterocycles. The van der Waals surface area contributed by atoms with E-state index in [2.05, 4.69) is 56.5 Å². The molecule has 0 bridgehead atoms. The molecule has 2 aliphatic rings. The maximum atomic E-state index is 11.3. The number of fused-ring (bicyclic) bond motifs is 1. The highest BCUT2D eigenvalue weighted by atomic mass is 16.5. The van der Waals surface area contributed by atoms with Crippen molar-refractivity contribution >= 4 is 18.0 Å². The molecule has 264 valence electrons. The van der Waals surface area contributed by atoms with Gasteiger partial charge >= 0.3 is 0 Å². The van der Waals surface area contributed by atoms with Gasteiger partial charge in [0, 0.05) is 44.0 Å². The Bertz CT molecular complexity index is 1300. The van der Waals surface area contributed by atoms with Gasteiger partial charge < -0.3 is 20.2 Å². The highest BCUT2D eigenvalue weighted by Gasteiger charge is 2.27. The van der Waals surface area contributed by atoms with Gasteiger partial charge in [0.2, 0.25) is 5.91 Å². The van der Waals surface area contributed by atoms with Crippen LogP contribution in [0.3, 0.4) is 0 Å². The fraction of sp³-hybridized carbons (Fsp3) is 0.439. The molecule has 2 atom stereocenters. The summed E-state index contributed by atoms with van der Waals surface area (Å²) in [5.74, 6) is 1.57. The van der Waals surface area contributed by atoms with Crippen molar-refractivity contribution in [2.75, 3.05) is 33.2 Å². The third-order valence-corrected chi connectivity index (χ3v) is 7.30. The molecular weight excluding hydrogens is 598 g/mol. The summed E-state index contributed by atoms with van der Waals surface area (Å²) in [5, 5.41) is 5.85. The number of likely N-dealkylation sites (N-methyl/N-ethyl adjacent to an activating group) is 1. The number of carbonyl (C=O) groups excluding carboxylic acids is 3. The summed E-state index contributed by atoms with van der Waals surface area (Å²) in [6.45, 7) is 26.3. The number of para-hydroxylation sites is 1. The van der Waals surface area contributed by atoms with Gasteiger partial charge in [0.25, 0.3) is 0 Å². The van der Waals surface area contributed by atoms with Crippen LogP contribution in [0, 0.1) is 0 Å². The smallest absolute Gasteiger partial charge is 0.216 e. The van der Waals surface area contributed by atoms with Crippen molar-refractivity contribution in [2.45, 2.75) is 86.1 Å². The van der Waals surface area contributed by atoms with E-state index in [1.807, 2.05) is 87.5 Å². The second-order valence-corrected chi connectivity index (χ2v) is 11.2. The van der Waals surface area contributed by atoms with Crippen molar-refractivity contribution in [2.24, 2.45) is 0 Å². The predicted octanol–water partition coefficient (Wildman–Crippen LogP) is 8.46. The van der Waals surface area contributed by atoms with Crippen LogP contribution >= 0.6 is 0 Å². The number of benzene rings is 2. The fourth-order valence-corrected chi connectivity index (χ4v) is 4.40. The Morgan fingerprint density at radius 1 is 0.979 bits per heavy atom. The average Bonchev–Trinajstić information content (AvgIpc) is 3.44. The summed E-state index contributed by atoms with van der Waals surface area (Å²) >= 11 is 0. The number of Topliss-reactive ketones (excluding diaryl/α,β-unsaturated/α-hetero) is 1. The third-order valence-electron chi connectivity index (χ3n) is 7.30. The number of allylic oxidation sites excluding steroid dienone is 2. The first-order valence-corrected chi connectivity index (χ1v) is 17.3. The van der Waals surface area contributed by atoms with Gasteiger partial charge in [-0.15, -0.1) is 0 Å². The quantitative estimate of drug-likeness (QED) is 0.218. The number of ketones is 1. The number of ether oxygens (including phenoxy) is 1. The Morgan fingerprint density at radius 3 is 2.15 bits per heavy atom. The molecule has 0 radical (unpaired) electrons. The van der Waals surface area contributed by atoms with Gasteiger partial charge in [-0.05, 0) is 81.7 Å². The predicted molar refractivity (Wildman–Crippen MR) is 203 cm³/mol. The van der Waals surface area contributed by atoms with Crippen molar-refractivity contribution in [3.05, 3.63) is 114 Å². The molecule has 2 aromatic carbocycles. The van der Waals surface area contributed by atoms with E-state index >= 15 is 0 Å². The number of rotatable bonds is 8. The molecule has 1 heterocycles. The van der Waals surface area contributed by atoms with Crippen LogP contribution in [0.1, 0.15) is 96.0 Å². The van der Waals surface area contributed by atoms with Crippen LogP contribution in [-0.4, -0.2) is 62.1 Å². The van der Waals surface area contributed by atoms with Crippen molar-refractivity contribution in [3.8, 4) is 5.75 Å². The van der Waals surface area contributed by atoms with E-state index in [1.54, 1.807) is 6.07 Å². The molecule has 4 rings (SSSR count). The minimum absolute atomic E-state index is 0.0573. The van der Waals surface area contributed by atoms with Crippen LogP contribution in [0.25, 0.3) is 0 Å². The van der Waals surface area contributed by atoms with E-state index in [1.165, 1.54) is 13.3 Å². The van der Waals surface area contributed by atoms with E-state index in [0.29, 0.717) is 12.5 Å². The lowest BCUT2D eigenvalue weighted by Gasteiger charge is -2.26. The lowest BCUT2D eigenvalue weighted by atomic mass is 10.0.